The van der Waals surface area contributed by atoms with Gasteiger partial charge in [-0.2, -0.15) is 0 Å². The van der Waals surface area contributed by atoms with Crippen molar-refractivity contribution in [3.8, 4) is 5.75 Å². The fourth-order valence-electron chi connectivity index (χ4n) is 4.07. The number of hydrogen-bond acceptors (Lipinski definition) is 4. The SMILES string of the molecule is Cc1c(C)c(S(=O)(=O)NC(N)=NCCC2=CC=CCC=C2)c(C)c2c1OC(C)(C)CC2. The highest BCUT2D eigenvalue weighted by Crippen LogP contribution is 2.42. The molecule has 1 heterocycles. The molecule has 3 rings (SSSR count). The van der Waals surface area contributed by atoms with Crippen molar-refractivity contribution in [2.24, 2.45) is 10.7 Å². The van der Waals surface area contributed by atoms with Gasteiger partial charge in [-0.1, -0.05) is 30.4 Å². The van der Waals surface area contributed by atoms with Gasteiger partial charge in [-0.25, -0.2) is 13.1 Å². The highest BCUT2D eigenvalue weighted by Gasteiger charge is 2.33. The number of hydrogen-bond donors (Lipinski definition) is 2. The van der Waals surface area contributed by atoms with E-state index in [1.165, 1.54) is 0 Å². The van der Waals surface area contributed by atoms with Gasteiger partial charge in [0.05, 0.1) is 4.90 Å². The summed E-state index contributed by atoms with van der Waals surface area (Å²) in [5, 5.41) is 0. The molecule has 1 aromatic rings. The number of benzene rings is 1. The summed E-state index contributed by atoms with van der Waals surface area (Å²) >= 11 is 0. The molecule has 0 fully saturated rings. The number of nitrogens with two attached hydrogens (primary N) is 1. The second-order valence-corrected chi connectivity index (χ2v) is 10.4. The number of allylic oxidation sites excluding steroid dienone is 5. The predicted octanol–water partition coefficient (Wildman–Crippen LogP) is 4.14. The first-order valence-electron chi connectivity index (χ1n) is 10.7. The van der Waals surface area contributed by atoms with Crippen molar-refractivity contribution in [1.82, 2.24) is 4.72 Å². The van der Waals surface area contributed by atoms with Crippen LogP contribution in [0.1, 0.15) is 55.4 Å². The van der Waals surface area contributed by atoms with Crippen molar-refractivity contribution in [2.75, 3.05) is 6.54 Å². The molecule has 1 aliphatic heterocycles. The topological polar surface area (TPSA) is 93.8 Å². The van der Waals surface area contributed by atoms with E-state index in [2.05, 4.69) is 41.8 Å². The van der Waals surface area contributed by atoms with Crippen LogP contribution in [-0.2, 0) is 16.4 Å². The molecular formula is C24H33N3O3S. The minimum Gasteiger partial charge on any atom is -0.487 e. The molecule has 168 valence electrons. The maximum Gasteiger partial charge on any atom is 0.264 e. The van der Waals surface area contributed by atoms with Gasteiger partial charge in [0.15, 0.2) is 0 Å². The maximum atomic E-state index is 13.2. The third-order valence-electron chi connectivity index (χ3n) is 5.91. The van der Waals surface area contributed by atoms with Gasteiger partial charge in [0.1, 0.15) is 11.4 Å². The highest BCUT2D eigenvalue weighted by molar-refractivity contribution is 7.90. The molecule has 2 aliphatic rings. The minimum atomic E-state index is -3.87. The Hall–Kier alpha value is -2.54. The Morgan fingerprint density at radius 3 is 2.68 bits per heavy atom. The lowest BCUT2D eigenvalue weighted by Crippen LogP contribution is -2.38. The van der Waals surface area contributed by atoms with Crippen LogP contribution < -0.4 is 15.2 Å². The Morgan fingerprint density at radius 1 is 1.19 bits per heavy atom. The van der Waals surface area contributed by atoms with Crippen LogP contribution in [0.5, 0.6) is 5.75 Å². The Kier molecular flexibility index (Phi) is 6.65. The minimum absolute atomic E-state index is 0.0969. The molecule has 0 spiro atoms. The highest BCUT2D eigenvalue weighted by atomic mass is 32.2. The van der Waals surface area contributed by atoms with Crippen LogP contribution in [0.2, 0.25) is 0 Å². The zero-order valence-electron chi connectivity index (χ0n) is 19.1. The standard InChI is InChI=1S/C24H33N3O3S/c1-16-17(2)22(18(3)20-12-14-24(4,5)30-21(16)20)31(28,29)27-23(25)26-15-13-19-10-8-6-7-9-11-19/h6,8-11H,7,12-15H2,1-5H3,(H3,25,26,27). The van der Waals surface area contributed by atoms with Gasteiger partial charge in [0.2, 0.25) is 5.96 Å². The molecule has 0 saturated carbocycles. The number of sulfonamides is 1. The number of rotatable bonds is 5. The Bertz CT molecular complexity index is 1090. The van der Waals surface area contributed by atoms with Crippen molar-refractivity contribution < 1.29 is 13.2 Å². The van der Waals surface area contributed by atoms with Crippen molar-refractivity contribution in [3.63, 3.8) is 0 Å². The number of nitrogens with one attached hydrogen (secondary N) is 1. The molecule has 0 unspecified atom stereocenters. The van der Waals surface area contributed by atoms with Gasteiger partial charge < -0.3 is 10.5 Å². The second kappa shape index (κ2) is 8.91. The van der Waals surface area contributed by atoms with Gasteiger partial charge in [-0.3, -0.25) is 4.99 Å². The summed E-state index contributed by atoms with van der Waals surface area (Å²) in [6.07, 6.45) is 13.5. The van der Waals surface area contributed by atoms with E-state index in [1.807, 2.05) is 32.9 Å². The van der Waals surface area contributed by atoms with Crippen LogP contribution in [-0.4, -0.2) is 26.5 Å². The summed E-state index contributed by atoms with van der Waals surface area (Å²) in [6.45, 7) is 10.1. The van der Waals surface area contributed by atoms with Crippen LogP contribution in [0.4, 0.5) is 0 Å². The summed E-state index contributed by atoms with van der Waals surface area (Å²) in [5.41, 5.74) is 10.0. The van der Waals surface area contributed by atoms with E-state index in [4.69, 9.17) is 10.5 Å². The van der Waals surface area contributed by atoms with Gasteiger partial charge in [-0.15, -0.1) is 0 Å². The Balaban J connectivity index is 1.82. The zero-order chi connectivity index (χ0) is 22.8. The Labute approximate surface area is 186 Å². The first-order chi connectivity index (χ1) is 14.5. The predicted molar refractivity (Wildman–Crippen MR) is 126 cm³/mol. The maximum absolute atomic E-state index is 13.2. The monoisotopic (exact) mass is 443 g/mol. The smallest absolute Gasteiger partial charge is 0.264 e. The molecule has 0 aromatic heterocycles. The summed E-state index contributed by atoms with van der Waals surface area (Å²) in [5.74, 6) is 0.714. The molecule has 1 aliphatic carbocycles. The summed E-state index contributed by atoms with van der Waals surface area (Å²) in [6, 6.07) is 0. The van der Waals surface area contributed by atoms with Crippen LogP contribution in [0.3, 0.4) is 0 Å². The lowest BCUT2D eigenvalue weighted by atomic mass is 9.88. The number of guanidine groups is 1. The molecule has 31 heavy (non-hydrogen) atoms. The van der Waals surface area contributed by atoms with E-state index in [9.17, 15) is 8.42 Å². The molecular weight excluding hydrogens is 410 g/mol. The average molecular weight is 444 g/mol. The van der Waals surface area contributed by atoms with Crippen molar-refractivity contribution in [1.29, 1.82) is 0 Å². The second-order valence-electron chi connectivity index (χ2n) is 8.80. The normalized spacial score (nSPS) is 18.1. The van der Waals surface area contributed by atoms with Gasteiger partial charge in [0, 0.05) is 6.54 Å². The van der Waals surface area contributed by atoms with Gasteiger partial charge >= 0.3 is 0 Å². The molecule has 1 aromatic carbocycles. The first kappa shape index (κ1) is 23.1. The van der Waals surface area contributed by atoms with Gasteiger partial charge in [-0.05, 0) is 88.1 Å². The zero-order valence-corrected chi connectivity index (χ0v) is 19.9. The lowest BCUT2D eigenvalue weighted by molar-refractivity contribution is 0.0832. The lowest BCUT2D eigenvalue weighted by Gasteiger charge is -2.35. The van der Waals surface area contributed by atoms with E-state index in [0.717, 1.165) is 47.3 Å². The molecule has 0 amide bonds. The molecule has 0 bridgehead atoms. The fourth-order valence-corrected chi connectivity index (χ4v) is 5.59. The van der Waals surface area contributed by atoms with Crippen LogP contribution in [0.25, 0.3) is 0 Å². The number of nitrogens with zero attached hydrogens (tertiary/aromatic N) is 1. The van der Waals surface area contributed by atoms with E-state index >= 15 is 0 Å². The fraction of sp³-hybridized carbons (Fsp3) is 0.458. The summed E-state index contributed by atoms with van der Waals surface area (Å²) in [7, 11) is -3.87. The van der Waals surface area contributed by atoms with Crippen LogP contribution >= 0.6 is 0 Å². The molecule has 0 saturated heterocycles. The van der Waals surface area contributed by atoms with Gasteiger partial charge in [0.25, 0.3) is 10.0 Å². The quantitative estimate of drug-likeness (QED) is 0.528. The Morgan fingerprint density at radius 2 is 1.94 bits per heavy atom. The number of aliphatic imine (C=N–C) groups is 1. The average Bonchev–Trinajstić information content (AvgIpc) is 2.94. The van der Waals surface area contributed by atoms with Crippen LogP contribution in [0.15, 0.2) is 45.8 Å². The van der Waals surface area contributed by atoms with Crippen LogP contribution in [0, 0.1) is 20.8 Å². The summed E-state index contributed by atoms with van der Waals surface area (Å²) in [4.78, 5) is 4.50. The third-order valence-corrected chi connectivity index (χ3v) is 7.53. The summed E-state index contributed by atoms with van der Waals surface area (Å²) < 4.78 is 35.1. The van der Waals surface area contributed by atoms with E-state index in [-0.39, 0.29) is 16.5 Å². The van der Waals surface area contributed by atoms with Crippen molar-refractivity contribution in [3.05, 3.63) is 58.2 Å². The molecule has 6 nitrogen and oxygen atoms in total. The largest absolute Gasteiger partial charge is 0.487 e. The van der Waals surface area contributed by atoms with Crippen molar-refractivity contribution >= 4 is 16.0 Å². The van der Waals surface area contributed by atoms with E-state index in [1.54, 1.807) is 0 Å². The first-order valence-corrected chi connectivity index (χ1v) is 12.2. The third kappa shape index (κ3) is 5.21. The molecule has 3 N–H and O–H groups in total. The molecule has 0 radical (unpaired) electrons. The number of ether oxygens (including phenoxy) is 1. The molecule has 7 heteroatoms. The van der Waals surface area contributed by atoms with Crippen molar-refractivity contribution in [2.45, 2.75) is 70.8 Å². The number of fused-ring (bicyclic) bond motifs is 1. The molecule has 0 atom stereocenters. The van der Waals surface area contributed by atoms with E-state index < -0.39 is 10.0 Å². The van der Waals surface area contributed by atoms with E-state index in [0.29, 0.717) is 18.5 Å².